The second-order valence-electron chi connectivity index (χ2n) is 5.96. The van der Waals surface area contributed by atoms with Crippen molar-refractivity contribution in [1.29, 1.82) is 0 Å². The summed E-state index contributed by atoms with van der Waals surface area (Å²) >= 11 is 1.61. The van der Waals surface area contributed by atoms with Crippen molar-refractivity contribution in [2.75, 3.05) is 38.6 Å². The van der Waals surface area contributed by atoms with Crippen LogP contribution >= 0.6 is 11.8 Å². The second kappa shape index (κ2) is 12.2. The first-order valence-corrected chi connectivity index (χ1v) is 9.58. The molecule has 0 saturated carbocycles. The Balaban J connectivity index is 0.00000338. The van der Waals surface area contributed by atoms with Crippen molar-refractivity contribution in [2.24, 2.45) is 0 Å². The summed E-state index contributed by atoms with van der Waals surface area (Å²) in [4.78, 5) is 24.8. The molecule has 1 heterocycles. The van der Waals surface area contributed by atoms with Crippen molar-refractivity contribution in [3.05, 3.63) is 18.2 Å². The predicted octanol–water partition coefficient (Wildman–Crippen LogP) is -1.67. The first-order chi connectivity index (χ1) is 12.0. The van der Waals surface area contributed by atoms with E-state index >= 15 is 0 Å². The maximum atomic E-state index is 11.2. The van der Waals surface area contributed by atoms with Crippen LogP contribution in [0.2, 0.25) is 0 Å². The van der Waals surface area contributed by atoms with Gasteiger partial charge in [-0.1, -0.05) is 0 Å². The van der Waals surface area contributed by atoms with Gasteiger partial charge < -0.3 is 31.5 Å². The lowest BCUT2D eigenvalue weighted by molar-refractivity contribution is -0.908. The minimum Gasteiger partial charge on any atom is -1.00 e. The third-order valence-corrected chi connectivity index (χ3v) is 4.94. The van der Waals surface area contributed by atoms with Crippen LogP contribution in [0.5, 0.6) is 11.5 Å². The lowest BCUT2D eigenvalue weighted by Crippen LogP contribution is -3.14. The molecule has 2 rings (SSSR count). The van der Waals surface area contributed by atoms with Gasteiger partial charge in [0.25, 0.3) is 0 Å². The minimum absolute atomic E-state index is 0. The molecule has 26 heavy (non-hydrogen) atoms. The summed E-state index contributed by atoms with van der Waals surface area (Å²) < 4.78 is 15.7. The van der Waals surface area contributed by atoms with Crippen LogP contribution in [0.1, 0.15) is 26.7 Å². The van der Waals surface area contributed by atoms with Crippen LogP contribution in [-0.4, -0.2) is 50.5 Å². The molecule has 1 aromatic rings. The standard InChI is InChI=1S/C18H25NO5S.ClH/c1-14(20)23-16-5-6-17(24-15(2)21)18(13-16)25-12-4-3-7-19-8-10-22-11-9-19;/h5-6,13H,3-4,7-12H2,1-2H3;1H. The summed E-state index contributed by atoms with van der Waals surface area (Å²) in [6.45, 7) is 7.80. The number of esters is 2. The molecule has 0 amide bonds. The van der Waals surface area contributed by atoms with Gasteiger partial charge in [0.05, 0.1) is 24.7 Å². The van der Waals surface area contributed by atoms with E-state index in [1.165, 1.54) is 13.8 Å². The molecule has 1 aromatic carbocycles. The molecular weight excluding hydrogens is 378 g/mol. The highest BCUT2D eigenvalue weighted by Gasteiger charge is 2.13. The molecule has 0 unspecified atom stereocenters. The van der Waals surface area contributed by atoms with E-state index in [9.17, 15) is 9.59 Å². The molecular formula is C18H26ClNO5S. The predicted molar refractivity (Wildman–Crippen MR) is 95.4 cm³/mol. The minimum atomic E-state index is -0.371. The van der Waals surface area contributed by atoms with Gasteiger partial charge in [0.15, 0.2) is 0 Å². The summed E-state index contributed by atoms with van der Waals surface area (Å²) in [6.07, 6.45) is 2.22. The quantitative estimate of drug-likeness (QED) is 0.242. The number of hydrogen-bond acceptors (Lipinski definition) is 6. The molecule has 6 nitrogen and oxygen atoms in total. The van der Waals surface area contributed by atoms with Gasteiger partial charge in [-0.2, -0.15) is 0 Å². The summed E-state index contributed by atoms with van der Waals surface area (Å²) in [5.74, 6) is 1.15. The zero-order valence-corrected chi connectivity index (χ0v) is 16.8. The molecule has 8 heteroatoms. The molecule has 0 aliphatic carbocycles. The topological polar surface area (TPSA) is 66.3 Å². The van der Waals surface area contributed by atoms with E-state index in [4.69, 9.17) is 14.2 Å². The smallest absolute Gasteiger partial charge is 0.308 e. The Morgan fingerprint density at radius 2 is 1.81 bits per heavy atom. The van der Waals surface area contributed by atoms with Crippen LogP contribution in [0.4, 0.5) is 0 Å². The number of carbonyl (C=O) groups is 2. The fraction of sp³-hybridized carbons (Fsp3) is 0.556. The Morgan fingerprint density at radius 1 is 1.12 bits per heavy atom. The van der Waals surface area contributed by atoms with Gasteiger partial charge in [-0.3, -0.25) is 9.59 Å². The third-order valence-electron chi connectivity index (χ3n) is 3.81. The van der Waals surface area contributed by atoms with Crippen LogP contribution in [0, 0.1) is 0 Å². The Hall–Kier alpha value is -1.28. The lowest BCUT2D eigenvalue weighted by Gasteiger charge is -2.23. The van der Waals surface area contributed by atoms with Gasteiger partial charge in [0, 0.05) is 13.8 Å². The van der Waals surface area contributed by atoms with Gasteiger partial charge in [0.2, 0.25) is 0 Å². The number of hydrogen-bond donors (Lipinski definition) is 1. The van der Waals surface area contributed by atoms with E-state index in [0.29, 0.717) is 11.5 Å². The summed E-state index contributed by atoms with van der Waals surface area (Å²) in [7, 11) is 0. The average Bonchev–Trinajstić information content (AvgIpc) is 2.57. The van der Waals surface area contributed by atoms with E-state index in [1.54, 1.807) is 34.9 Å². The molecule has 1 fully saturated rings. The molecule has 1 saturated heterocycles. The Kier molecular flexibility index (Phi) is 10.7. The summed E-state index contributed by atoms with van der Waals surface area (Å²) in [5, 5.41) is 0. The fourth-order valence-electron chi connectivity index (χ4n) is 2.64. The van der Waals surface area contributed by atoms with Gasteiger partial charge in [-0.15, -0.1) is 11.8 Å². The highest BCUT2D eigenvalue weighted by Crippen LogP contribution is 2.33. The molecule has 0 spiro atoms. The summed E-state index contributed by atoms with van der Waals surface area (Å²) in [5.41, 5.74) is 0. The van der Waals surface area contributed by atoms with E-state index in [0.717, 1.165) is 56.3 Å². The van der Waals surface area contributed by atoms with Gasteiger partial charge in [-0.25, -0.2) is 0 Å². The molecule has 1 aliphatic rings. The fourth-order valence-corrected chi connectivity index (χ4v) is 3.66. The lowest BCUT2D eigenvalue weighted by atomic mass is 10.3. The first kappa shape index (κ1) is 22.8. The molecule has 0 bridgehead atoms. The van der Waals surface area contributed by atoms with Crippen molar-refractivity contribution in [3.8, 4) is 11.5 Å². The van der Waals surface area contributed by atoms with E-state index < -0.39 is 0 Å². The first-order valence-electron chi connectivity index (χ1n) is 8.59. The number of unbranched alkanes of at least 4 members (excludes halogenated alkanes) is 1. The Labute approximate surface area is 165 Å². The number of quaternary nitrogens is 1. The van der Waals surface area contributed by atoms with Crippen molar-refractivity contribution < 1.29 is 41.1 Å². The van der Waals surface area contributed by atoms with E-state index in [1.807, 2.05) is 0 Å². The number of benzene rings is 1. The molecule has 0 aromatic heterocycles. The number of halogens is 1. The van der Waals surface area contributed by atoms with E-state index in [-0.39, 0.29) is 24.3 Å². The normalized spacial score (nSPS) is 14.4. The zero-order chi connectivity index (χ0) is 18.1. The largest absolute Gasteiger partial charge is 1.00 e. The molecule has 146 valence electrons. The molecule has 0 atom stereocenters. The van der Waals surface area contributed by atoms with Crippen LogP contribution in [0.15, 0.2) is 23.1 Å². The Morgan fingerprint density at radius 3 is 2.46 bits per heavy atom. The van der Waals surface area contributed by atoms with Gasteiger partial charge in [-0.05, 0) is 36.8 Å². The second-order valence-corrected chi connectivity index (χ2v) is 7.10. The number of carbonyl (C=O) groups excluding carboxylic acids is 2. The highest BCUT2D eigenvalue weighted by atomic mass is 35.5. The van der Waals surface area contributed by atoms with Crippen LogP contribution in [-0.2, 0) is 14.3 Å². The maximum Gasteiger partial charge on any atom is 0.308 e. The highest BCUT2D eigenvalue weighted by molar-refractivity contribution is 7.99. The van der Waals surface area contributed by atoms with Crippen molar-refractivity contribution in [1.82, 2.24) is 0 Å². The number of morpholine rings is 1. The van der Waals surface area contributed by atoms with Crippen LogP contribution in [0.25, 0.3) is 0 Å². The van der Waals surface area contributed by atoms with Crippen molar-refractivity contribution in [2.45, 2.75) is 31.6 Å². The SMILES string of the molecule is CC(=O)Oc1ccc(OC(C)=O)c(SCCCC[NH+]2CCOCC2)c1.[Cl-]. The van der Waals surface area contributed by atoms with Crippen LogP contribution < -0.4 is 26.8 Å². The van der Waals surface area contributed by atoms with Crippen molar-refractivity contribution in [3.63, 3.8) is 0 Å². The monoisotopic (exact) mass is 403 g/mol. The molecule has 0 radical (unpaired) electrons. The zero-order valence-electron chi connectivity index (χ0n) is 15.2. The van der Waals surface area contributed by atoms with Crippen molar-refractivity contribution >= 4 is 23.7 Å². The number of thioether (sulfide) groups is 1. The summed E-state index contributed by atoms with van der Waals surface area (Å²) in [6, 6.07) is 5.04. The maximum absolute atomic E-state index is 11.2. The van der Waals surface area contributed by atoms with Crippen LogP contribution in [0.3, 0.4) is 0 Å². The number of nitrogens with one attached hydrogen (secondary N) is 1. The molecule has 1 aliphatic heterocycles. The number of ether oxygens (including phenoxy) is 3. The molecule has 1 N–H and O–H groups in total. The van der Waals surface area contributed by atoms with Gasteiger partial charge >= 0.3 is 11.9 Å². The Bertz CT molecular complexity index is 593. The third kappa shape index (κ3) is 8.40. The van der Waals surface area contributed by atoms with E-state index in [2.05, 4.69) is 0 Å². The average molecular weight is 404 g/mol. The van der Waals surface area contributed by atoms with Gasteiger partial charge in [0.1, 0.15) is 24.6 Å². The number of rotatable bonds is 8.